The van der Waals surface area contributed by atoms with Crippen molar-refractivity contribution in [2.45, 2.75) is 13.5 Å². The van der Waals surface area contributed by atoms with Crippen molar-refractivity contribution in [3.05, 3.63) is 66.1 Å². The number of imidazole rings is 1. The van der Waals surface area contributed by atoms with E-state index in [0.29, 0.717) is 13.2 Å². The van der Waals surface area contributed by atoms with E-state index in [2.05, 4.69) is 38.9 Å². The third kappa shape index (κ3) is 4.33. The van der Waals surface area contributed by atoms with Gasteiger partial charge in [0, 0.05) is 26.0 Å². The normalized spacial score (nSPS) is 11.6. The number of aliphatic imine (C=N–C) groups is 1. The zero-order valence-electron chi connectivity index (χ0n) is 15.5. The molecule has 3 rings (SSSR count). The summed E-state index contributed by atoms with van der Waals surface area (Å²) in [5.41, 5.74) is 3.11. The van der Waals surface area contributed by atoms with Gasteiger partial charge >= 0.3 is 0 Å². The van der Waals surface area contributed by atoms with E-state index in [4.69, 9.17) is 4.74 Å². The molecule has 136 valence electrons. The Morgan fingerprint density at radius 1 is 1.19 bits per heavy atom. The number of aryl methyl sites for hydroxylation is 1. The third-order valence-corrected chi connectivity index (χ3v) is 4.19. The molecule has 0 atom stereocenters. The highest BCUT2D eigenvalue weighted by Crippen LogP contribution is 2.09. The minimum absolute atomic E-state index is 0.592. The predicted octanol–water partition coefficient (Wildman–Crippen LogP) is 2.73. The number of nitrogens with zero attached hydrogens (tertiary/aromatic N) is 4. The van der Waals surface area contributed by atoms with Crippen LogP contribution in [0.5, 0.6) is 5.75 Å². The molecular weight excluding hydrogens is 326 g/mol. The minimum atomic E-state index is 0.592. The van der Waals surface area contributed by atoms with Crippen LogP contribution in [0.1, 0.15) is 11.4 Å². The summed E-state index contributed by atoms with van der Waals surface area (Å²) in [5.74, 6) is 1.69. The van der Waals surface area contributed by atoms with Crippen LogP contribution in [0.25, 0.3) is 5.65 Å². The summed E-state index contributed by atoms with van der Waals surface area (Å²) >= 11 is 0. The summed E-state index contributed by atoms with van der Waals surface area (Å²) in [5, 5.41) is 3.36. The molecule has 0 saturated carbocycles. The van der Waals surface area contributed by atoms with Crippen molar-refractivity contribution in [1.29, 1.82) is 0 Å². The topological polar surface area (TPSA) is 54.2 Å². The molecular formula is C20H25N5O. The van der Waals surface area contributed by atoms with Crippen LogP contribution >= 0.6 is 0 Å². The van der Waals surface area contributed by atoms with Crippen molar-refractivity contribution in [1.82, 2.24) is 19.6 Å². The molecule has 2 aromatic heterocycles. The van der Waals surface area contributed by atoms with Crippen molar-refractivity contribution in [3.8, 4) is 5.75 Å². The number of ether oxygens (including phenoxy) is 1. The van der Waals surface area contributed by atoms with Crippen LogP contribution < -0.4 is 10.1 Å². The van der Waals surface area contributed by atoms with Crippen molar-refractivity contribution >= 4 is 11.6 Å². The van der Waals surface area contributed by atoms with E-state index >= 15 is 0 Å². The first kappa shape index (κ1) is 17.8. The lowest BCUT2D eigenvalue weighted by Gasteiger charge is -2.21. The van der Waals surface area contributed by atoms with Gasteiger partial charge in [-0.3, -0.25) is 4.99 Å². The molecule has 0 aliphatic rings. The molecule has 0 spiro atoms. The van der Waals surface area contributed by atoms with Crippen LogP contribution in [0.15, 0.2) is 59.7 Å². The van der Waals surface area contributed by atoms with Gasteiger partial charge in [-0.15, -0.1) is 0 Å². The molecule has 26 heavy (non-hydrogen) atoms. The molecule has 0 aliphatic heterocycles. The molecule has 6 nitrogen and oxygen atoms in total. The van der Waals surface area contributed by atoms with Crippen LogP contribution in [0.4, 0.5) is 0 Å². The molecule has 0 fully saturated rings. The smallest absolute Gasteiger partial charge is 0.193 e. The van der Waals surface area contributed by atoms with Crippen molar-refractivity contribution in [2.24, 2.45) is 4.99 Å². The quantitative estimate of drug-likeness (QED) is 0.548. The van der Waals surface area contributed by atoms with Gasteiger partial charge in [-0.05, 0) is 31.2 Å². The fourth-order valence-electron chi connectivity index (χ4n) is 2.76. The minimum Gasteiger partial charge on any atom is -0.492 e. The van der Waals surface area contributed by atoms with E-state index in [9.17, 15) is 0 Å². The molecule has 0 bridgehead atoms. The lowest BCUT2D eigenvalue weighted by molar-refractivity contribution is 0.281. The van der Waals surface area contributed by atoms with Gasteiger partial charge in [0.2, 0.25) is 0 Å². The van der Waals surface area contributed by atoms with Crippen LogP contribution in [0.2, 0.25) is 0 Å². The molecule has 1 aromatic carbocycles. The Balaban J connectivity index is 1.52. The molecule has 0 saturated heterocycles. The van der Waals surface area contributed by atoms with Gasteiger partial charge in [0.25, 0.3) is 0 Å². The highest BCUT2D eigenvalue weighted by Gasteiger charge is 2.08. The number of hydrogen-bond donors (Lipinski definition) is 1. The average Bonchev–Trinajstić information content (AvgIpc) is 3.08. The predicted molar refractivity (Wildman–Crippen MR) is 105 cm³/mol. The third-order valence-electron chi connectivity index (χ3n) is 4.19. The summed E-state index contributed by atoms with van der Waals surface area (Å²) in [7, 11) is 3.78. The molecule has 6 heteroatoms. The highest BCUT2D eigenvalue weighted by molar-refractivity contribution is 5.79. The number of benzene rings is 1. The maximum absolute atomic E-state index is 5.75. The highest BCUT2D eigenvalue weighted by atomic mass is 16.5. The molecule has 0 aliphatic carbocycles. The van der Waals surface area contributed by atoms with E-state index in [1.807, 2.05) is 54.4 Å². The summed E-state index contributed by atoms with van der Waals surface area (Å²) in [4.78, 5) is 11.0. The largest absolute Gasteiger partial charge is 0.492 e. The number of likely N-dealkylation sites (N-methyl/N-ethyl adjacent to an activating group) is 1. The second kappa shape index (κ2) is 8.38. The van der Waals surface area contributed by atoms with E-state index in [-0.39, 0.29) is 0 Å². The zero-order valence-corrected chi connectivity index (χ0v) is 15.5. The molecule has 0 amide bonds. The van der Waals surface area contributed by atoms with E-state index in [1.165, 1.54) is 5.69 Å². The fraction of sp³-hybridized carbons (Fsp3) is 0.300. The summed E-state index contributed by atoms with van der Waals surface area (Å²) < 4.78 is 7.84. The van der Waals surface area contributed by atoms with E-state index in [1.54, 1.807) is 7.05 Å². The lowest BCUT2D eigenvalue weighted by atomic mass is 10.3. The number of guanidine groups is 1. The zero-order chi connectivity index (χ0) is 18.4. The lowest BCUT2D eigenvalue weighted by Crippen LogP contribution is -2.40. The van der Waals surface area contributed by atoms with E-state index in [0.717, 1.165) is 29.6 Å². The second-order valence-electron chi connectivity index (χ2n) is 6.11. The number of fused-ring (bicyclic) bond motifs is 1. The number of para-hydroxylation sites is 1. The van der Waals surface area contributed by atoms with Crippen LogP contribution in [0.3, 0.4) is 0 Å². The van der Waals surface area contributed by atoms with Gasteiger partial charge in [0.1, 0.15) is 18.0 Å². The Hall–Kier alpha value is -3.02. The maximum Gasteiger partial charge on any atom is 0.193 e. The van der Waals surface area contributed by atoms with Gasteiger partial charge in [-0.2, -0.15) is 0 Å². The van der Waals surface area contributed by atoms with Gasteiger partial charge in [-0.25, -0.2) is 4.98 Å². The standard InChI is InChI=1S/C20H25N5O/c1-16-8-7-11-19-23-17(15-25(16)19)14-22-20(21-2)24(3)12-13-26-18-9-5-4-6-10-18/h4-11,15H,12-14H2,1-3H3,(H,21,22). The molecule has 0 unspecified atom stereocenters. The maximum atomic E-state index is 5.75. The fourth-order valence-corrected chi connectivity index (χ4v) is 2.76. The van der Waals surface area contributed by atoms with E-state index < -0.39 is 0 Å². The molecule has 3 aromatic rings. The molecule has 2 heterocycles. The Kier molecular flexibility index (Phi) is 5.73. The monoisotopic (exact) mass is 351 g/mol. The Bertz CT molecular complexity index is 872. The number of pyridine rings is 1. The Morgan fingerprint density at radius 2 is 2.00 bits per heavy atom. The molecule has 1 N–H and O–H groups in total. The number of nitrogens with one attached hydrogen (secondary N) is 1. The number of hydrogen-bond acceptors (Lipinski definition) is 3. The number of aromatic nitrogens is 2. The molecule has 0 radical (unpaired) electrons. The summed E-state index contributed by atoms with van der Waals surface area (Å²) in [6, 6.07) is 15.9. The van der Waals surface area contributed by atoms with Crippen molar-refractivity contribution in [2.75, 3.05) is 27.2 Å². The van der Waals surface area contributed by atoms with Gasteiger partial charge in [-0.1, -0.05) is 24.3 Å². The second-order valence-corrected chi connectivity index (χ2v) is 6.11. The summed E-state index contributed by atoms with van der Waals surface area (Å²) in [6.45, 7) is 4.02. The number of rotatable bonds is 6. The SMILES string of the molecule is CN=C(NCc1cn2c(C)cccc2n1)N(C)CCOc1ccccc1. The first-order valence-corrected chi connectivity index (χ1v) is 8.70. The Labute approximate surface area is 154 Å². The van der Waals surface area contributed by atoms with Gasteiger partial charge in [0.05, 0.1) is 18.8 Å². The summed E-state index contributed by atoms with van der Waals surface area (Å²) in [6.07, 6.45) is 2.06. The van der Waals surface area contributed by atoms with Crippen LogP contribution in [0, 0.1) is 6.92 Å². The van der Waals surface area contributed by atoms with Gasteiger partial charge < -0.3 is 19.4 Å². The van der Waals surface area contributed by atoms with Gasteiger partial charge in [0.15, 0.2) is 5.96 Å². The first-order chi connectivity index (χ1) is 12.7. The first-order valence-electron chi connectivity index (χ1n) is 8.70. The average molecular weight is 351 g/mol. The Morgan fingerprint density at radius 3 is 2.73 bits per heavy atom. The van der Waals surface area contributed by atoms with Crippen molar-refractivity contribution in [3.63, 3.8) is 0 Å². The van der Waals surface area contributed by atoms with Crippen molar-refractivity contribution < 1.29 is 4.74 Å². The van der Waals surface area contributed by atoms with Crippen LogP contribution in [-0.4, -0.2) is 47.5 Å². The van der Waals surface area contributed by atoms with Crippen LogP contribution in [-0.2, 0) is 6.54 Å².